The van der Waals surface area contributed by atoms with Gasteiger partial charge in [0.05, 0.1) is 13.0 Å². The van der Waals surface area contributed by atoms with Crippen LogP contribution in [0.5, 0.6) is 0 Å². The van der Waals surface area contributed by atoms with E-state index in [1.54, 1.807) is 30.5 Å². The third-order valence-corrected chi connectivity index (χ3v) is 3.82. The van der Waals surface area contributed by atoms with Gasteiger partial charge in [0.2, 0.25) is 0 Å². The third-order valence-electron chi connectivity index (χ3n) is 3.82. The number of aromatic nitrogens is 2. The molecule has 112 valence electrons. The first kappa shape index (κ1) is 14.3. The minimum absolute atomic E-state index is 0.0711. The first-order chi connectivity index (χ1) is 10.6. The zero-order valence-corrected chi connectivity index (χ0v) is 12.1. The summed E-state index contributed by atoms with van der Waals surface area (Å²) in [6, 6.07) is 10.2. The van der Waals surface area contributed by atoms with Gasteiger partial charge in [-0.05, 0) is 30.7 Å². The maximum absolute atomic E-state index is 13.9. The largest absolute Gasteiger partial charge is 0.481 e. The van der Waals surface area contributed by atoms with E-state index in [4.69, 9.17) is 5.11 Å². The predicted molar refractivity (Wildman–Crippen MR) is 81.3 cm³/mol. The van der Waals surface area contributed by atoms with Gasteiger partial charge in [-0.25, -0.2) is 9.37 Å². The van der Waals surface area contributed by atoms with Gasteiger partial charge in [-0.1, -0.05) is 18.2 Å². The highest BCUT2D eigenvalue weighted by Crippen LogP contribution is 2.26. The Morgan fingerprint density at radius 2 is 2.05 bits per heavy atom. The number of carbonyl (C=O) groups is 1. The molecule has 2 aromatic heterocycles. The summed E-state index contributed by atoms with van der Waals surface area (Å²) in [5.41, 5.74) is 2.76. The van der Waals surface area contributed by atoms with Gasteiger partial charge in [0.25, 0.3) is 0 Å². The molecular weight excluding hydrogens is 283 g/mol. The maximum atomic E-state index is 13.9. The van der Waals surface area contributed by atoms with Crippen molar-refractivity contribution < 1.29 is 14.3 Å². The summed E-state index contributed by atoms with van der Waals surface area (Å²) in [6.07, 6.45) is 1.59. The molecule has 3 aromatic rings. The standard InChI is InChI=1S/C17H15FN2O2/c1-11-14(9-16(21)22)13-6-4-8-19-17(13)20(11)10-12-5-2-3-7-15(12)18/h2-8H,9-10H2,1H3,(H,21,22). The lowest BCUT2D eigenvalue weighted by molar-refractivity contribution is -0.136. The Morgan fingerprint density at radius 3 is 2.77 bits per heavy atom. The van der Waals surface area contributed by atoms with E-state index in [9.17, 15) is 9.18 Å². The molecule has 0 radical (unpaired) electrons. The second-order valence-corrected chi connectivity index (χ2v) is 5.19. The third kappa shape index (κ3) is 2.45. The number of benzene rings is 1. The molecule has 2 heterocycles. The smallest absolute Gasteiger partial charge is 0.307 e. The van der Waals surface area contributed by atoms with E-state index in [1.807, 2.05) is 17.6 Å². The molecular formula is C17H15FN2O2. The van der Waals surface area contributed by atoms with Gasteiger partial charge in [-0.15, -0.1) is 0 Å². The van der Waals surface area contributed by atoms with Crippen LogP contribution < -0.4 is 0 Å². The van der Waals surface area contributed by atoms with Crippen LogP contribution in [0.2, 0.25) is 0 Å². The highest BCUT2D eigenvalue weighted by atomic mass is 19.1. The maximum Gasteiger partial charge on any atom is 0.307 e. The van der Waals surface area contributed by atoms with Crippen LogP contribution >= 0.6 is 0 Å². The Kier molecular flexibility index (Phi) is 3.63. The van der Waals surface area contributed by atoms with Crippen LogP contribution in [0, 0.1) is 12.7 Å². The van der Waals surface area contributed by atoms with Crippen LogP contribution in [0.3, 0.4) is 0 Å². The van der Waals surface area contributed by atoms with Crippen molar-refractivity contribution in [3.8, 4) is 0 Å². The summed E-state index contributed by atoms with van der Waals surface area (Å²) in [6.45, 7) is 2.17. The second kappa shape index (κ2) is 5.60. The molecule has 0 unspecified atom stereocenters. The quantitative estimate of drug-likeness (QED) is 0.805. The normalized spacial score (nSPS) is 11.0. The van der Waals surface area contributed by atoms with Crippen molar-refractivity contribution in [1.29, 1.82) is 0 Å². The van der Waals surface area contributed by atoms with Gasteiger partial charge in [0, 0.05) is 22.8 Å². The van der Waals surface area contributed by atoms with Crippen molar-refractivity contribution in [2.75, 3.05) is 0 Å². The predicted octanol–water partition coefficient (Wildman–Crippen LogP) is 3.16. The molecule has 4 nitrogen and oxygen atoms in total. The van der Waals surface area contributed by atoms with E-state index >= 15 is 0 Å². The van der Waals surface area contributed by atoms with Gasteiger partial charge in [0.15, 0.2) is 0 Å². The van der Waals surface area contributed by atoms with Crippen LogP contribution in [0.4, 0.5) is 4.39 Å². The van der Waals surface area contributed by atoms with E-state index in [0.29, 0.717) is 17.8 Å². The first-order valence-corrected chi connectivity index (χ1v) is 6.96. The van der Waals surface area contributed by atoms with Crippen molar-refractivity contribution in [3.63, 3.8) is 0 Å². The van der Waals surface area contributed by atoms with E-state index in [2.05, 4.69) is 4.98 Å². The summed E-state index contributed by atoms with van der Waals surface area (Å²) < 4.78 is 15.8. The zero-order valence-electron chi connectivity index (χ0n) is 12.1. The van der Waals surface area contributed by atoms with E-state index in [1.165, 1.54) is 6.07 Å². The molecule has 0 aliphatic carbocycles. The van der Waals surface area contributed by atoms with E-state index < -0.39 is 5.97 Å². The minimum atomic E-state index is -0.892. The van der Waals surface area contributed by atoms with Crippen molar-refractivity contribution in [1.82, 2.24) is 9.55 Å². The van der Waals surface area contributed by atoms with Crippen LogP contribution in [-0.2, 0) is 17.8 Å². The molecule has 1 aromatic carbocycles. The molecule has 1 N–H and O–H groups in total. The number of hydrogen-bond donors (Lipinski definition) is 1. The van der Waals surface area contributed by atoms with Crippen LogP contribution in [-0.4, -0.2) is 20.6 Å². The Morgan fingerprint density at radius 1 is 1.27 bits per heavy atom. The summed E-state index contributed by atoms with van der Waals surface area (Å²) in [4.78, 5) is 15.4. The number of rotatable bonds is 4. The zero-order chi connectivity index (χ0) is 15.7. The Balaban J connectivity index is 2.15. The minimum Gasteiger partial charge on any atom is -0.481 e. The van der Waals surface area contributed by atoms with Gasteiger partial charge in [-0.3, -0.25) is 4.79 Å². The Bertz CT molecular complexity index is 855. The number of aliphatic carboxylic acids is 1. The molecule has 0 bridgehead atoms. The summed E-state index contributed by atoms with van der Waals surface area (Å²) in [5, 5.41) is 9.91. The van der Waals surface area contributed by atoms with E-state index in [-0.39, 0.29) is 12.2 Å². The van der Waals surface area contributed by atoms with Crippen LogP contribution in [0.1, 0.15) is 16.8 Å². The summed E-state index contributed by atoms with van der Waals surface area (Å²) in [7, 11) is 0. The molecule has 0 aliphatic rings. The molecule has 0 aliphatic heterocycles. The number of nitrogens with zero attached hydrogens (tertiary/aromatic N) is 2. The lowest BCUT2D eigenvalue weighted by Gasteiger charge is -2.09. The molecule has 0 fully saturated rings. The fraction of sp³-hybridized carbons (Fsp3) is 0.176. The van der Waals surface area contributed by atoms with Crippen LogP contribution in [0.25, 0.3) is 11.0 Å². The number of carboxylic acid groups (broad SMARTS) is 1. The molecule has 0 atom stereocenters. The van der Waals surface area contributed by atoms with Crippen molar-refractivity contribution in [3.05, 3.63) is 65.2 Å². The summed E-state index contributed by atoms with van der Waals surface area (Å²) >= 11 is 0. The molecule has 3 rings (SSSR count). The van der Waals surface area contributed by atoms with Gasteiger partial charge < -0.3 is 9.67 Å². The Labute approximate surface area is 126 Å². The van der Waals surface area contributed by atoms with Crippen LogP contribution in [0.15, 0.2) is 42.6 Å². The number of hydrogen-bond acceptors (Lipinski definition) is 2. The molecule has 0 saturated heterocycles. The monoisotopic (exact) mass is 298 g/mol. The number of fused-ring (bicyclic) bond motifs is 1. The SMILES string of the molecule is Cc1c(CC(=O)O)c2cccnc2n1Cc1ccccc1F. The lowest BCUT2D eigenvalue weighted by Crippen LogP contribution is -2.06. The highest BCUT2D eigenvalue weighted by Gasteiger charge is 2.17. The van der Waals surface area contributed by atoms with Gasteiger partial charge in [-0.2, -0.15) is 0 Å². The fourth-order valence-corrected chi connectivity index (χ4v) is 2.73. The summed E-state index contributed by atoms with van der Waals surface area (Å²) in [5.74, 6) is -1.17. The molecule has 5 heteroatoms. The Hall–Kier alpha value is -2.69. The fourth-order valence-electron chi connectivity index (χ4n) is 2.73. The highest BCUT2D eigenvalue weighted by molar-refractivity contribution is 5.86. The first-order valence-electron chi connectivity index (χ1n) is 6.96. The lowest BCUT2D eigenvalue weighted by atomic mass is 10.1. The molecule has 0 saturated carbocycles. The number of pyridine rings is 1. The van der Waals surface area contributed by atoms with Gasteiger partial charge in [0.1, 0.15) is 11.5 Å². The second-order valence-electron chi connectivity index (χ2n) is 5.19. The number of carboxylic acids is 1. The average Bonchev–Trinajstić information content (AvgIpc) is 2.75. The number of halogens is 1. The van der Waals surface area contributed by atoms with Gasteiger partial charge >= 0.3 is 5.97 Å². The van der Waals surface area contributed by atoms with Crippen molar-refractivity contribution >= 4 is 17.0 Å². The van der Waals surface area contributed by atoms with E-state index in [0.717, 1.165) is 16.6 Å². The average molecular weight is 298 g/mol. The van der Waals surface area contributed by atoms with Crippen molar-refractivity contribution in [2.45, 2.75) is 19.9 Å². The molecule has 22 heavy (non-hydrogen) atoms. The topological polar surface area (TPSA) is 55.1 Å². The molecule has 0 amide bonds. The van der Waals surface area contributed by atoms with Crippen molar-refractivity contribution in [2.24, 2.45) is 0 Å². The molecule has 0 spiro atoms.